The van der Waals surface area contributed by atoms with E-state index in [2.05, 4.69) is 9.72 Å². The van der Waals surface area contributed by atoms with E-state index in [0.29, 0.717) is 4.88 Å². The summed E-state index contributed by atoms with van der Waals surface area (Å²) >= 11 is 1.24. The van der Waals surface area contributed by atoms with Crippen molar-refractivity contribution in [3.05, 3.63) is 44.0 Å². The van der Waals surface area contributed by atoms with Gasteiger partial charge in [-0.1, -0.05) is 20.8 Å². The Labute approximate surface area is 117 Å². The number of aromatic nitrogens is 1. The Bertz CT molecular complexity index is 516. The number of hydrogen-bond acceptors (Lipinski definition) is 4. The molecule has 1 aromatic rings. The molecule has 0 aliphatic carbocycles. The number of aromatic amines is 1. The van der Waals surface area contributed by atoms with Crippen LogP contribution in [0.1, 0.15) is 41.6 Å². The van der Waals surface area contributed by atoms with Crippen LogP contribution in [0, 0.1) is 6.92 Å². The van der Waals surface area contributed by atoms with Crippen molar-refractivity contribution in [3.8, 4) is 0 Å². The number of methoxy groups -OCH3 is 1. The minimum atomic E-state index is -0.459. The molecule has 0 unspecified atom stereocenters. The van der Waals surface area contributed by atoms with Gasteiger partial charge in [-0.25, -0.2) is 4.79 Å². The first kappa shape index (κ1) is 17.4. The molecule has 0 aliphatic heterocycles. The molecule has 1 aromatic heterocycles. The first-order valence-corrected chi connectivity index (χ1v) is 7.09. The second kappa shape index (κ2) is 9.33. The fourth-order valence-corrected chi connectivity index (χ4v) is 2.06. The van der Waals surface area contributed by atoms with Gasteiger partial charge in [-0.05, 0) is 29.9 Å². The molecule has 1 N–H and O–H groups in total. The molecular formula is C14H21NO3S. The van der Waals surface area contributed by atoms with Crippen molar-refractivity contribution in [1.82, 2.24) is 4.98 Å². The normalized spacial score (nSPS) is 8.89. The van der Waals surface area contributed by atoms with E-state index in [1.165, 1.54) is 24.6 Å². The van der Waals surface area contributed by atoms with Crippen LogP contribution in [0.15, 0.2) is 22.4 Å². The first-order chi connectivity index (χ1) is 9.08. The van der Waals surface area contributed by atoms with Gasteiger partial charge in [0, 0.05) is 12.3 Å². The van der Waals surface area contributed by atoms with Gasteiger partial charge in [0.25, 0.3) is 0 Å². The zero-order valence-corrected chi connectivity index (χ0v) is 12.9. The summed E-state index contributed by atoms with van der Waals surface area (Å²) in [4.78, 5) is 25.8. The van der Waals surface area contributed by atoms with E-state index < -0.39 is 5.97 Å². The first-order valence-electron chi connectivity index (χ1n) is 6.21. The number of carbonyl (C=O) groups excluding carboxylic acids is 1. The predicted molar refractivity (Wildman–Crippen MR) is 79.4 cm³/mol. The predicted octanol–water partition coefficient (Wildman–Crippen LogP) is 3.24. The molecule has 0 aromatic carbocycles. The second-order valence-corrected chi connectivity index (χ2v) is 4.36. The van der Waals surface area contributed by atoms with Crippen molar-refractivity contribution < 1.29 is 9.53 Å². The number of carbonyl (C=O) groups is 1. The van der Waals surface area contributed by atoms with Gasteiger partial charge in [0.1, 0.15) is 4.88 Å². The zero-order valence-electron chi connectivity index (χ0n) is 12.1. The maximum absolute atomic E-state index is 11.5. The molecule has 0 bridgehead atoms. The highest BCUT2D eigenvalue weighted by Gasteiger charge is 2.03. The summed E-state index contributed by atoms with van der Waals surface area (Å²) in [5.74, 6) is -0.459. The molecule has 5 heteroatoms. The van der Waals surface area contributed by atoms with Crippen LogP contribution in [0.25, 0.3) is 0 Å². The van der Waals surface area contributed by atoms with Crippen LogP contribution in [0.4, 0.5) is 0 Å². The molecule has 1 rings (SSSR count). The number of H-pyrrole nitrogens is 1. The summed E-state index contributed by atoms with van der Waals surface area (Å²) in [5, 5.41) is 1.85. The van der Waals surface area contributed by atoms with Crippen molar-refractivity contribution in [1.29, 1.82) is 0 Å². The Kier molecular flexibility index (Phi) is 8.53. The van der Waals surface area contributed by atoms with Crippen molar-refractivity contribution in [2.45, 2.75) is 34.1 Å². The maximum Gasteiger partial charge on any atom is 0.349 e. The average Bonchev–Trinajstić information content (AvgIpc) is 2.51. The highest BCUT2D eigenvalue weighted by Crippen LogP contribution is 2.09. The summed E-state index contributed by atoms with van der Waals surface area (Å²) < 4.78 is 4.62. The van der Waals surface area contributed by atoms with Gasteiger partial charge in [-0.3, -0.25) is 4.79 Å². The molecule has 0 radical (unpaired) electrons. The second-order valence-electron chi connectivity index (χ2n) is 3.45. The van der Waals surface area contributed by atoms with Gasteiger partial charge >= 0.3 is 5.97 Å². The van der Waals surface area contributed by atoms with Crippen molar-refractivity contribution in [2.75, 3.05) is 7.11 Å². The van der Waals surface area contributed by atoms with Crippen LogP contribution in [0.2, 0.25) is 0 Å². The molecule has 0 spiro atoms. The summed E-state index contributed by atoms with van der Waals surface area (Å²) in [6.45, 7) is 7.89. The summed E-state index contributed by atoms with van der Waals surface area (Å²) in [5.41, 5.74) is 1.69. The molecule has 0 amide bonds. The summed E-state index contributed by atoms with van der Waals surface area (Å²) in [6, 6.07) is 1.54. The SMILES string of the molecule is CC.CCc1cc(=O)[nH]cc(C(=O)OC)scc1C. The molecule has 19 heavy (non-hydrogen) atoms. The fourth-order valence-electron chi connectivity index (χ4n) is 1.30. The number of aryl methyl sites for hydroxylation is 2. The molecule has 0 fully saturated rings. The Morgan fingerprint density at radius 1 is 1.42 bits per heavy atom. The summed E-state index contributed by atoms with van der Waals surface area (Å²) in [7, 11) is 1.31. The molecule has 0 aliphatic rings. The van der Waals surface area contributed by atoms with Crippen LogP contribution >= 0.6 is 11.3 Å². The lowest BCUT2D eigenvalue weighted by atomic mass is 10.1. The maximum atomic E-state index is 11.5. The lowest BCUT2D eigenvalue weighted by Gasteiger charge is -1.95. The van der Waals surface area contributed by atoms with Gasteiger partial charge in [-0.2, -0.15) is 0 Å². The van der Waals surface area contributed by atoms with Crippen LogP contribution < -0.4 is 5.56 Å². The third-order valence-corrected chi connectivity index (χ3v) is 3.30. The highest BCUT2D eigenvalue weighted by atomic mass is 32.1. The number of nitrogens with one attached hydrogen (secondary N) is 1. The molecular weight excluding hydrogens is 262 g/mol. The fraction of sp³-hybridized carbons (Fsp3) is 0.429. The Morgan fingerprint density at radius 3 is 2.58 bits per heavy atom. The van der Waals surface area contributed by atoms with Crippen LogP contribution in [-0.4, -0.2) is 18.1 Å². The number of esters is 1. The number of hydrogen-bond donors (Lipinski definition) is 1. The molecule has 4 nitrogen and oxygen atoms in total. The third-order valence-electron chi connectivity index (χ3n) is 2.29. The Balaban J connectivity index is 0.00000154. The lowest BCUT2D eigenvalue weighted by Crippen LogP contribution is -2.03. The van der Waals surface area contributed by atoms with Gasteiger partial charge in [0.15, 0.2) is 0 Å². The standard InChI is InChI=1S/C12H15NO3S.C2H6/c1-4-9-5-11(14)13-6-10(12(15)16-3)17-7-8(9)2;1-2/h5-7H,4H2,1-3H3,(H,13,14);1-2H3. The van der Waals surface area contributed by atoms with Gasteiger partial charge in [0.05, 0.1) is 7.11 Å². The van der Waals surface area contributed by atoms with E-state index in [1.54, 1.807) is 6.07 Å². The summed E-state index contributed by atoms with van der Waals surface area (Å²) in [6.07, 6.45) is 2.14. The molecule has 106 valence electrons. The van der Waals surface area contributed by atoms with Crippen molar-refractivity contribution in [3.63, 3.8) is 0 Å². The van der Waals surface area contributed by atoms with Crippen LogP contribution in [0.3, 0.4) is 0 Å². The molecule has 0 atom stereocenters. The Morgan fingerprint density at radius 2 is 2.05 bits per heavy atom. The Hall–Kier alpha value is -1.62. The minimum absolute atomic E-state index is 0.237. The van der Waals surface area contributed by atoms with E-state index in [0.717, 1.165) is 17.5 Å². The largest absolute Gasteiger partial charge is 0.465 e. The van der Waals surface area contributed by atoms with Crippen molar-refractivity contribution in [2.24, 2.45) is 0 Å². The van der Waals surface area contributed by atoms with E-state index >= 15 is 0 Å². The monoisotopic (exact) mass is 283 g/mol. The van der Waals surface area contributed by atoms with Crippen molar-refractivity contribution >= 4 is 17.3 Å². The topological polar surface area (TPSA) is 59.2 Å². The number of ether oxygens (including phenoxy) is 1. The minimum Gasteiger partial charge on any atom is -0.465 e. The highest BCUT2D eigenvalue weighted by molar-refractivity contribution is 7.11. The van der Waals surface area contributed by atoms with E-state index in [1.807, 2.05) is 33.1 Å². The average molecular weight is 283 g/mol. The van der Waals surface area contributed by atoms with E-state index in [-0.39, 0.29) is 5.56 Å². The van der Waals surface area contributed by atoms with Gasteiger partial charge < -0.3 is 9.72 Å². The smallest absolute Gasteiger partial charge is 0.349 e. The quantitative estimate of drug-likeness (QED) is 0.848. The molecule has 0 saturated carbocycles. The van der Waals surface area contributed by atoms with Crippen LogP contribution in [0.5, 0.6) is 0 Å². The van der Waals surface area contributed by atoms with Crippen LogP contribution in [-0.2, 0) is 11.2 Å². The number of rotatable bonds is 2. The lowest BCUT2D eigenvalue weighted by molar-refractivity contribution is 0.0606. The van der Waals surface area contributed by atoms with Gasteiger partial charge in [-0.15, -0.1) is 11.3 Å². The van der Waals surface area contributed by atoms with Gasteiger partial charge in [0.2, 0.25) is 5.56 Å². The van der Waals surface area contributed by atoms with E-state index in [9.17, 15) is 9.59 Å². The zero-order chi connectivity index (χ0) is 14.8. The molecule has 0 saturated heterocycles. The molecule has 1 heterocycles. The third kappa shape index (κ3) is 5.70. The van der Waals surface area contributed by atoms with E-state index in [4.69, 9.17) is 0 Å².